The number of aromatic nitrogens is 2. The maximum Gasteiger partial charge on any atom is 0.170 e. The quantitative estimate of drug-likeness (QED) is 0.488. The monoisotopic (exact) mass is 168 g/mol. The molecule has 0 radical (unpaired) electrons. The zero-order chi connectivity index (χ0) is 8.81. The lowest BCUT2D eigenvalue weighted by Crippen LogP contribution is -2.04. The Morgan fingerprint density at radius 1 is 1.75 bits per heavy atom. The molecule has 0 N–H and O–H groups in total. The average Bonchev–Trinajstić information content (AvgIpc) is 2.53. The highest BCUT2D eigenvalue weighted by molar-refractivity contribution is 5.71. The topological polar surface area (TPSA) is 44.1 Å². The lowest BCUT2D eigenvalue weighted by Gasteiger charge is -2.00. The Balaban J connectivity index is 2.36. The van der Waals surface area contributed by atoms with Crippen LogP contribution >= 0.6 is 0 Å². The number of aldehydes is 1. The molecule has 12 heavy (non-hydrogen) atoms. The van der Waals surface area contributed by atoms with Crippen LogP contribution in [0.25, 0.3) is 0 Å². The molecule has 0 aliphatic heterocycles. The minimum atomic E-state index is 0.418. The lowest BCUT2D eigenvalue weighted by molar-refractivity contribution is 0.0690. The van der Waals surface area contributed by atoms with Crippen LogP contribution in [0.3, 0.4) is 0 Å². The van der Waals surface area contributed by atoms with Crippen LogP contribution in [0.15, 0.2) is 12.3 Å². The minimum absolute atomic E-state index is 0.418. The van der Waals surface area contributed by atoms with Gasteiger partial charge in [0.1, 0.15) is 12.4 Å². The zero-order valence-electron chi connectivity index (χ0n) is 7.06. The molecular weight excluding hydrogens is 156 g/mol. The predicted molar refractivity (Wildman–Crippen MR) is 43.9 cm³/mol. The van der Waals surface area contributed by atoms with Crippen LogP contribution in [-0.4, -0.2) is 22.7 Å². The first-order chi connectivity index (χ1) is 5.86. The van der Waals surface area contributed by atoms with Crippen molar-refractivity contribution in [3.63, 3.8) is 0 Å². The van der Waals surface area contributed by atoms with E-state index in [4.69, 9.17) is 4.74 Å². The Labute approximate surface area is 71.1 Å². The summed E-state index contributed by atoms with van der Waals surface area (Å²) in [6, 6.07) is 1.66. The highest BCUT2D eigenvalue weighted by Crippen LogP contribution is 1.92. The Hall–Kier alpha value is -1.16. The molecule has 4 heteroatoms. The molecule has 0 aliphatic carbocycles. The Bertz CT molecular complexity index is 245. The molecule has 1 heterocycles. The Kier molecular flexibility index (Phi) is 3.47. The third kappa shape index (κ3) is 2.47. The number of hydrogen-bond acceptors (Lipinski definition) is 3. The lowest BCUT2D eigenvalue weighted by atomic mass is 10.5. The highest BCUT2D eigenvalue weighted by atomic mass is 16.5. The van der Waals surface area contributed by atoms with Crippen molar-refractivity contribution in [3.05, 3.63) is 18.0 Å². The van der Waals surface area contributed by atoms with E-state index in [2.05, 4.69) is 5.10 Å². The van der Waals surface area contributed by atoms with Gasteiger partial charge in [0.15, 0.2) is 6.29 Å². The van der Waals surface area contributed by atoms with Crippen molar-refractivity contribution in [2.24, 2.45) is 0 Å². The molecule has 0 saturated carbocycles. The highest BCUT2D eigenvalue weighted by Gasteiger charge is 1.95. The summed E-state index contributed by atoms with van der Waals surface area (Å²) in [6.07, 6.45) is 3.43. The van der Waals surface area contributed by atoms with Gasteiger partial charge in [-0.15, -0.1) is 0 Å². The summed E-state index contributed by atoms with van der Waals surface area (Å²) in [6.45, 7) is 3.18. The second-order valence-corrected chi connectivity index (χ2v) is 2.44. The van der Waals surface area contributed by atoms with Crippen LogP contribution in [0, 0.1) is 0 Å². The number of carbonyl (C=O) groups is 1. The van der Waals surface area contributed by atoms with Gasteiger partial charge in [-0.1, -0.05) is 6.92 Å². The molecule has 0 unspecified atom stereocenters. The summed E-state index contributed by atoms with van der Waals surface area (Å²) >= 11 is 0. The van der Waals surface area contributed by atoms with Gasteiger partial charge >= 0.3 is 0 Å². The predicted octanol–water partition coefficient (Wildman–Crippen LogP) is 1.08. The van der Waals surface area contributed by atoms with E-state index in [0.29, 0.717) is 12.4 Å². The molecule has 1 aromatic rings. The largest absolute Gasteiger partial charge is 0.359 e. The van der Waals surface area contributed by atoms with Gasteiger partial charge < -0.3 is 4.74 Å². The number of hydrogen-bond donors (Lipinski definition) is 0. The Morgan fingerprint density at radius 2 is 2.58 bits per heavy atom. The summed E-state index contributed by atoms with van der Waals surface area (Å²) < 4.78 is 6.81. The number of rotatable bonds is 5. The van der Waals surface area contributed by atoms with Crippen molar-refractivity contribution in [2.45, 2.75) is 20.1 Å². The standard InChI is InChI=1S/C8H12N2O2/c1-2-5-12-7-10-4-3-8(6-11)9-10/h3-4,6H,2,5,7H2,1H3. The summed E-state index contributed by atoms with van der Waals surface area (Å²) in [5.74, 6) is 0. The van der Waals surface area contributed by atoms with Gasteiger partial charge in [0.05, 0.1) is 0 Å². The molecule has 0 amide bonds. The summed E-state index contributed by atoms with van der Waals surface area (Å²) in [7, 11) is 0. The smallest absolute Gasteiger partial charge is 0.170 e. The summed E-state index contributed by atoms with van der Waals surface area (Å²) in [5, 5.41) is 3.92. The van der Waals surface area contributed by atoms with E-state index in [1.54, 1.807) is 16.9 Å². The van der Waals surface area contributed by atoms with Crippen LogP contribution in [-0.2, 0) is 11.5 Å². The van der Waals surface area contributed by atoms with Gasteiger partial charge in [0, 0.05) is 12.8 Å². The number of ether oxygens (including phenoxy) is 1. The fourth-order valence-electron chi connectivity index (χ4n) is 0.815. The van der Waals surface area contributed by atoms with Crippen molar-refractivity contribution in [2.75, 3.05) is 6.61 Å². The molecule has 4 nitrogen and oxygen atoms in total. The second-order valence-electron chi connectivity index (χ2n) is 2.44. The van der Waals surface area contributed by atoms with Gasteiger partial charge in [-0.3, -0.25) is 4.79 Å². The van der Waals surface area contributed by atoms with Crippen molar-refractivity contribution >= 4 is 6.29 Å². The van der Waals surface area contributed by atoms with Crippen LogP contribution in [0.4, 0.5) is 0 Å². The summed E-state index contributed by atoms with van der Waals surface area (Å²) in [4.78, 5) is 10.2. The maximum atomic E-state index is 10.2. The van der Waals surface area contributed by atoms with Crippen molar-refractivity contribution in [1.82, 2.24) is 9.78 Å². The van der Waals surface area contributed by atoms with Gasteiger partial charge in [0.2, 0.25) is 0 Å². The minimum Gasteiger partial charge on any atom is -0.359 e. The molecule has 0 bridgehead atoms. The van der Waals surface area contributed by atoms with Crippen molar-refractivity contribution < 1.29 is 9.53 Å². The van der Waals surface area contributed by atoms with Gasteiger partial charge in [0.25, 0.3) is 0 Å². The third-order valence-corrected chi connectivity index (χ3v) is 1.35. The van der Waals surface area contributed by atoms with Gasteiger partial charge in [-0.2, -0.15) is 5.10 Å². The van der Waals surface area contributed by atoms with E-state index in [1.165, 1.54) is 0 Å². The number of carbonyl (C=O) groups excluding carboxylic acids is 1. The summed E-state index contributed by atoms with van der Waals surface area (Å²) in [5.41, 5.74) is 0.440. The molecule has 0 fully saturated rings. The molecule has 1 rings (SSSR count). The van der Waals surface area contributed by atoms with Crippen LogP contribution in [0.1, 0.15) is 23.8 Å². The first-order valence-electron chi connectivity index (χ1n) is 3.93. The fourth-order valence-corrected chi connectivity index (χ4v) is 0.815. The average molecular weight is 168 g/mol. The Morgan fingerprint density at radius 3 is 3.17 bits per heavy atom. The van der Waals surface area contributed by atoms with Crippen molar-refractivity contribution in [1.29, 1.82) is 0 Å². The van der Waals surface area contributed by atoms with E-state index >= 15 is 0 Å². The first-order valence-corrected chi connectivity index (χ1v) is 3.93. The van der Waals surface area contributed by atoms with Gasteiger partial charge in [-0.25, -0.2) is 4.68 Å². The molecule has 0 saturated heterocycles. The zero-order valence-corrected chi connectivity index (χ0v) is 7.06. The molecule has 0 aromatic carbocycles. The van der Waals surface area contributed by atoms with E-state index in [-0.39, 0.29) is 0 Å². The van der Waals surface area contributed by atoms with E-state index in [9.17, 15) is 4.79 Å². The van der Waals surface area contributed by atoms with Crippen LogP contribution < -0.4 is 0 Å². The second kappa shape index (κ2) is 4.66. The molecule has 0 spiro atoms. The van der Waals surface area contributed by atoms with Crippen molar-refractivity contribution in [3.8, 4) is 0 Å². The third-order valence-electron chi connectivity index (χ3n) is 1.35. The molecule has 66 valence electrons. The molecular formula is C8H12N2O2. The molecule has 1 aromatic heterocycles. The normalized spacial score (nSPS) is 10.1. The van der Waals surface area contributed by atoms with Crippen LogP contribution in [0.5, 0.6) is 0 Å². The fraction of sp³-hybridized carbons (Fsp3) is 0.500. The maximum absolute atomic E-state index is 10.2. The van der Waals surface area contributed by atoms with E-state index in [0.717, 1.165) is 19.3 Å². The first kappa shape index (κ1) is 8.93. The van der Waals surface area contributed by atoms with E-state index < -0.39 is 0 Å². The van der Waals surface area contributed by atoms with Crippen LogP contribution in [0.2, 0.25) is 0 Å². The van der Waals surface area contributed by atoms with E-state index in [1.807, 2.05) is 6.92 Å². The molecule has 0 aliphatic rings. The van der Waals surface area contributed by atoms with Gasteiger partial charge in [-0.05, 0) is 12.5 Å². The number of nitrogens with zero attached hydrogens (tertiary/aromatic N) is 2. The SMILES string of the molecule is CCCOCn1ccc(C=O)n1. The molecule has 0 atom stereocenters.